The van der Waals surface area contributed by atoms with Gasteiger partial charge in [-0.3, -0.25) is 9.88 Å². The fourth-order valence-corrected chi connectivity index (χ4v) is 2.28. The average molecular weight is 206 g/mol. The molecule has 0 aromatic carbocycles. The molecule has 1 saturated heterocycles. The summed E-state index contributed by atoms with van der Waals surface area (Å²) in [5, 5.41) is 9.32. The lowest BCUT2D eigenvalue weighted by Crippen LogP contribution is -2.34. The largest absolute Gasteiger partial charge is 0.395 e. The standard InChI is InChI=1S/C12H18N2O/c1-10-5-7-14(12(10)9-15)8-11-4-2-3-6-13-11/h2-4,6,10,12,15H,5,7-9H2,1H3. The Morgan fingerprint density at radius 1 is 1.53 bits per heavy atom. The highest BCUT2D eigenvalue weighted by atomic mass is 16.3. The Hall–Kier alpha value is -0.930. The Labute approximate surface area is 90.8 Å². The van der Waals surface area contributed by atoms with E-state index >= 15 is 0 Å². The topological polar surface area (TPSA) is 36.4 Å². The van der Waals surface area contributed by atoms with Gasteiger partial charge in [0.15, 0.2) is 0 Å². The third kappa shape index (κ3) is 2.36. The molecule has 1 aromatic rings. The lowest BCUT2D eigenvalue weighted by atomic mass is 10.0. The van der Waals surface area contributed by atoms with Crippen LogP contribution in [0.4, 0.5) is 0 Å². The van der Waals surface area contributed by atoms with E-state index in [2.05, 4.69) is 16.8 Å². The zero-order valence-corrected chi connectivity index (χ0v) is 9.13. The number of pyridine rings is 1. The minimum atomic E-state index is 0.258. The van der Waals surface area contributed by atoms with E-state index in [1.54, 1.807) is 0 Å². The second kappa shape index (κ2) is 4.73. The molecule has 0 saturated carbocycles. The van der Waals surface area contributed by atoms with Crippen LogP contribution >= 0.6 is 0 Å². The van der Waals surface area contributed by atoms with E-state index in [1.807, 2.05) is 24.4 Å². The molecular weight excluding hydrogens is 188 g/mol. The number of rotatable bonds is 3. The molecule has 2 heterocycles. The van der Waals surface area contributed by atoms with Gasteiger partial charge in [-0.15, -0.1) is 0 Å². The lowest BCUT2D eigenvalue weighted by molar-refractivity contribution is 0.133. The van der Waals surface area contributed by atoms with Crippen molar-refractivity contribution in [2.75, 3.05) is 13.2 Å². The van der Waals surface area contributed by atoms with Gasteiger partial charge in [-0.1, -0.05) is 13.0 Å². The second-order valence-electron chi connectivity index (χ2n) is 4.31. The van der Waals surface area contributed by atoms with Crippen molar-refractivity contribution in [1.82, 2.24) is 9.88 Å². The van der Waals surface area contributed by atoms with Crippen LogP contribution in [0.5, 0.6) is 0 Å². The smallest absolute Gasteiger partial charge is 0.0589 e. The van der Waals surface area contributed by atoms with Crippen LogP contribution in [0.25, 0.3) is 0 Å². The summed E-state index contributed by atoms with van der Waals surface area (Å²) in [6.07, 6.45) is 3.00. The molecule has 3 heteroatoms. The molecule has 0 amide bonds. The lowest BCUT2D eigenvalue weighted by Gasteiger charge is -2.24. The summed E-state index contributed by atoms with van der Waals surface area (Å²) in [5.41, 5.74) is 1.09. The minimum Gasteiger partial charge on any atom is -0.395 e. The number of hydrogen-bond donors (Lipinski definition) is 1. The van der Waals surface area contributed by atoms with Crippen molar-refractivity contribution in [3.63, 3.8) is 0 Å². The zero-order chi connectivity index (χ0) is 10.7. The summed E-state index contributed by atoms with van der Waals surface area (Å²) in [6, 6.07) is 6.29. The molecule has 1 N–H and O–H groups in total. The van der Waals surface area contributed by atoms with Crippen LogP contribution in [0.2, 0.25) is 0 Å². The van der Waals surface area contributed by atoms with Gasteiger partial charge in [0.1, 0.15) is 0 Å². The van der Waals surface area contributed by atoms with Gasteiger partial charge in [0, 0.05) is 18.8 Å². The van der Waals surface area contributed by atoms with Crippen molar-refractivity contribution >= 4 is 0 Å². The third-order valence-electron chi connectivity index (χ3n) is 3.28. The number of likely N-dealkylation sites (tertiary alicyclic amines) is 1. The van der Waals surface area contributed by atoms with Crippen molar-refractivity contribution < 1.29 is 5.11 Å². The molecule has 82 valence electrons. The van der Waals surface area contributed by atoms with E-state index in [0.717, 1.165) is 18.8 Å². The van der Waals surface area contributed by atoms with E-state index in [-0.39, 0.29) is 6.61 Å². The highest BCUT2D eigenvalue weighted by Gasteiger charge is 2.30. The summed E-state index contributed by atoms with van der Waals surface area (Å²) in [6.45, 7) is 4.40. The summed E-state index contributed by atoms with van der Waals surface area (Å²) < 4.78 is 0. The van der Waals surface area contributed by atoms with E-state index in [4.69, 9.17) is 0 Å². The van der Waals surface area contributed by atoms with Crippen LogP contribution in [0.15, 0.2) is 24.4 Å². The highest BCUT2D eigenvalue weighted by Crippen LogP contribution is 2.24. The average Bonchev–Trinajstić information content (AvgIpc) is 2.61. The molecule has 0 aliphatic carbocycles. The molecule has 2 atom stereocenters. The Balaban J connectivity index is 2.00. The van der Waals surface area contributed by atoms with Crippen molar-refractivity contribution in [1.29, 1.82) is 0 Å². The molecule has 1 aliphatic rings. The monoisotopic (exact) mass is 206 g/mol. The number of aliphatic hydroxyl groups excluding tert-OH is 1. The van der Waals surface area contributed by atoms with Crippen LogP contribution in [0, 0.1) is 5.92 Å². The molecule has 1 aliphatic heterocycles. The number of hydrogen-bond acceptors (Lipinski definition) is 3. The molecule has 0 bridgehead atoms. The van der Waals surface area contributed by atoms with Crippen molar-refractivity contribution in [2.45, 2.75) is 25.9 Å². The first kappa shape index (κ1) is 10.6. The quantitative estimate of drug-likeness (QED) is 0.809. The van der Waals surface area contributed by atoms with Crippen molar-refractivity contribution in [3.05, 3.63) is 30.1 Å². The molecule has 2 rings (SSSR count). The van der Waals surface area contributed by atoms with Gasteiger partial charge in [0.2, 0.25) is 0 Å². The van der Waals surface area contributed by atoms with Crippen LogP contribution in [0.1, 0.15) is 19.0 Å². The first-order valence-corrected chi connectivity index (χ1v) is 5.56. The van der Waals surface area contributed by atoms with E-state index in [0.29, 0.717) is 12.0 Å². The molecule has 1 fully saturated rings. The van der Waals surface area contributed by atoms with Crippen molar-refractivity contribution in [2.24, 2.45) is 5.92 Å². The van der Waals surface area contributed by atoms with E-state index in [9.17, 15) is 5.11 Å². The molecule has 15 heavy (non-hydrogen) atoms. The molecule has 1 aromatic heterocycles. The Kier molecular flexibility index (Phi) is 3.34. The van der Waals surface area contributed by atoms with Gasteiger partial charge >= 0.3 is 0 Å². The zero-order valence-electron chi connectivity index (χ0n) is 9.13. The first-order valence-electron chi connectivity index (χ1n) is 5.56. The maximum atomic E-state index is 9.32. The fraction of sp³-hybridized carbons (Fsp3) is 0.583. The molecular formula is C12H18N2O. The fourth-order valence-electron chi connectivity index (χ4n) is 2.28. The van der Waals surface area contributed by atoms with Crippen LogP contribution in [0.3, 0.4) is 0 Å². The van der Waals surface area contributed by atoms with Gasteiger partial charge in [-0.2, -0.15) is 0 Å². The van der Waals surface area contributed by atoms with Crippen LogP contribution in [-0.4, -0.2) is 34.2 Å². The Morgan fingerprint density at radius 3 is 3.07 bits per heavy atom. The number of aliphatic hydroxyl groups is 1. The predicted octanol–water partition coefficient (Wildman–Crippen LogP) is 1.28. The number of aromatic nitrogens is 1. The maximum absolute atomic E-state index is 9.32. The van der Waals surface area contributed by atoms with Gasteiger partial charge in [0.05, 0.1) is 12.3 Å². The maximum Gasteiger partial charge on any atom is 0.0589 e. The van der Waals surface area contributed by atoms with E-state index in [1.165, 1.54) is 6.42 Å². The SMILES string of the molecule is CC1CCN(Cc2ccccn2)C1CO. The van der Waals surface area contributed by atoms with Gasteiger partial charge in [-0.25, -0.2) is 0 Å². The van der Waals surface area contributed by atoms with Crippen molar-refractivity contribution in [3.8, 4) is 0 Å². The third-order valence-corrected chi connectivity index (χ3v) is 3.28. The van der Waals surface area contributed by atoms with Gasteiger partial charge in [-0.05, 0) is 31.0 Å². The van der Waals surface area contributed by atoms with Crippen LogP contribution in [-0.2, 0) is 6.54 Å². The van der Waals surface area contributed by atoms with Gasteiger partial charge in [0.25, 0.3) is 0 Å². The van der Waals surface area contributed by atoms with E-state index < -0.39 is 0 Å². The normalized spacial score (nSPS) is 27.1. The summed E-state index contributed by atoms with van der Waals surface area (Å²) >= 11 is 0. The summed E-state index contributed by atoms with van der Waals surface area (Å²) in [7, 11) is 0. The number of nitrogens with zero attached hydrogens (tertiary/aromatic N) is 2. The predicted molar refractivity (Wildman–Crippen MR) is 59.3 cm³/mol. The molecule has 0 spiro atoms. The summed E-state index contributed by atoms with van der Waals surface area (Å²) in [5.74, 6) is 0.596. The molecule has 0 radical (unpaired) electrons. The first-order chi connectivity index (χ1) is 7.31. The molecule has 2 unspecified atom stereocenters. The Morgan fingerprint density at radius 2 is 2.40 bits per heavy atom. The Bertz CT molecular complexity index is 302. The highest BCUT2D eigenvalue weighted by molar-refractivity contribution is 5.04. The van der Waals surface area contributed by atoms with Gasteiger partial charge < -0.3 is 5.11 Å². The minimum absolute atomic E-state index is 0.258. The van der Waals surface area contributed by atoms with Crippen LogP contribution < -0.4 is 0 Å². The summed E-state index contributed by atoms with van der Waals surface area (Å²) in [4.78, 5) is 6.64. The molecule has 3 nitrogen and oxygen atoms in total. The second-order valence-corrected chi connectivity index (χ2v) is 4.31.